The van der Waals surface area contributed by atoms with Crippen LogP contribution in [0.25, 0.3) is 5.70 Å². The lowest BCUT2D eigenvalue weighted by atomic mass is 9.84. The minimum atomic E-state index is -0.953. The van der Waals surface area contributed by atoms with Gasteiger partial charge in [-0.1, -0.05) is 12.1 Å². The number of hydrogen-bond donors (Lipinski definition) is 2. The van der Waals surface area contributed by atoms with E-state index in [4.69, 9.17) is 0 Å². The number of Topliss-reactive ketones (excluding diaryl/α,β-unsaturated/α-hetero) is 1. The van der Waals surface area contributed by atoms with Crippen LogP contribution in [0, 0.1) is 16.7 Å². The lowest BCUT2D eigenvalue weighted by molar-refractivity contribution is -0.114. The van der Waals surface area contributed by atoms with Gasteiger partial charge in [-0.3, -0.25) is 4.79 Å². The fourth-order valence-corrected chi connectivity index (χ4v) is 4.13. The summed E-state index contributed by atoms with van der Waals surface area (Å²) in [5.41, 5.74) is 3.82. The Hall–Kier alpha value is -2.16. The summed E-state index contributed by atoms with van der Waals surface area (Å²) < 4.78 is 0. The average molecular weight is 338 g/mol. The molecule has 1 saturated carbocycles. The predicted octanol–water partition coefficient (Wildman–Crippen LogP) is 1.95. The molecule has 1 unspecified atom stereocenters. The quantitative estimate of drug-likeness (QED) is 0.880. The first-order valence-electron chi connectivity index (χ1n) is 8.91. The summed E-state index contributed by atoms with van der Waals surface area (Å²) in [6, 6.07) is 7.53. The lowest BCUT2D eigenvalue weighted by Crippen LogP contribution is -2.36. The lowest BCUT2D eigenvalue weighted by Gasteiger charge is -2.37. The second-order valence-corrected chi connectivity index (χ2v) is 7.54. The molecule has 1 aliphatic heterocycles. The molecule has 5 heteroatoms. The van der Waals surface area contributed by atoms with Gasteiger partial charge in [0.1, 0.15) is 17.7 Å². The number of nitrogens with zero attached hydrogens (tertiary/aromatic N) is 2. The molecule has 130 valence electrons. The van der Waals surface area contributed by atoms with Gasteiger partial charge in [0, 0.05) is 25.1 Å². The van der Waals surface area contributed by atoms with Crippen LogP contribution < -0.4 is 0 Å². The molecule has 0 radical (unpaired) electrons. The Kier molecular flexibility index (Phi) is 3.90. The van der Waals surface area contributed by atoms with E-state index in [1.807, 2.05) is 12.1 Å². The first-order valence-corrected chi connectivity index (χ1v) is 8.91. The minimum absolute atomic E-state index is 0.132. The van der Waals surface area contributed by atoms with Gasteiger partial charge < -0.3 is 15.1 Å². The second-order valence-electron chi connectivity index (χ2n) is 7.54. The van der Waals surface area contributed by atoms with Crippen molar-refractivity contribution in [3.63, 3.8) is 0 Å². The van der Waals surface area contributed by atoms with Gasteiger partial charge >= 0.3 is 0 Å². The maximum absolute atomic E-state index is 12.5. The summed E-state index contributed by atoms with van der Waals surface area (Å²) in [4.78, 5) is 14.6. The molecule has 1 heterocycles. The molecule has 3 aliphatic rings. The summed E-state index contributed by atoms with van der Waals surface area (Å²) in [5, 5.41) is 28.8. The molecular weight excluding hydrogens is 316 g/mol. The Morgan fingerprint density at radius 1 is 1.24 bits per heavy atom. The summed E-state index contributed by atoms with van der Waals surface area (Å²) in [5.74, 6) is -0.132. The predicted molar refractivity (Wildman–Crippen MR) is 92.2 cm³/mol. The van der Waals surface area contributed by atoms with Crippen LogP contribution in [0.4, 0.5) is 0 Å². The van der Waals surface area contributed by atoms with Crippen LogP contribution in [0.5, 0.6) is 0 Å². The number of carbonyl (C=O) groups is 1. The van der Waals surface area contributed by atoms with Crippen molar-refractivity contribution in [2.24, 2.45) is 5.41 Å². The third kappa shape index (κ3) is 2.76. The van der Waals surface area contributed by atoms with Crippen molar-refractivity contribution in [1.29, 1.82) is 5.26 Å². The molecule has 5 nitrogen and oxygen atoms in total. The molecule has 1 atom stereocenters. The fraction of sp³-hybridized carbons (Fsp3) is 0.500. The third-order valence-corrected chi connectivity index (χ3v) is 6.02. The molecule has 1 aromatic carbocycles. The van der Waals surface area contributed by atoms with Crippen LogP contribution in [0.2, 0.25) is 0 Å². The van der Waals surface area contributed by atoms with E-state index in [-0.39, 0.29) is 24.4 Å². The number of aliphatic hydroxyl groups excluding tert-OH is 2. The molecule has 0 amide bonds. The summed E-state index contributed by atoms with van der Waals surface area (Å²) >= 11 is 0. The summed E-state index contributed by atoms with van der Waals surface area (Å²) in [6.45, 7) is 1.37. The topological polar surface area (TPSA) is 84.6 Å². The third-order valence-electron chi connectivity index (χ3n) is 6.02. The van der Waals surface area contributed by atoms with Crippen LogP contribution in [-0.2, 0) is 11.2 Å². The van der Waals surface area contributed by atoms with Crippen LogP contribution in [-0.4, -0.2) is 40.6 Å². The highest BCUT2D eigenvalue weighted by molar-refractivity contribution is 6.09. The Labute approximate surface area is 147 Å². The van der Waals surface area contributed by atoms with Gasteiger partial charge in [0.05, 0.1) is 12.3 Å². The van der Waals surface area contributed by atoms with E-state index in [0.29, 0.717) is 11.0 Å². The van der Waals surface area contributed by atoms with Crippen molar-refractivity contribution >= 4 is 11.5 Å². The van der Waals surface area contributed by atoms with Crippen LogP contribution in [0.3, 0.4) is 0 Å². The highest BCUT2D eigenvalue weighted by atomic mass is 16.3. The maximum atomic E-state index is 12.5. The number of nitriles is 1. The zero-order chi connectivity index (χ0) is 17.6. The van der Waals surface area contributed by atoms with E-state index in [1.165, 1.54) is 12.8 Å². The zero-order valence-corrected chi connectivity index (χ0v) is 14.2. The molecule has 0 aromatic heterocycles. The molecule has 2 fully saturated rings. The number of hydrogen-bond acceptors (Lipinski definition) is 5. The minimum Gasteiger partial charge on any atom is -0.393 e. The van der Waals surface area contributed by atoms with Gasteiger partial charge in [0.15, 0.2) is 5.78 Å². The monoisotopic (exact) mass is 338 g/mol. The molecule has 1 aromatic rings. The number of likely N-dealkylation sites (tertiary alicyclic amines) is 1. The van der Waals surface area contributed by atoms with Gasteiger partial charge in [-0.05, 0) is 48.3 Å². The second kappa shape index (κ2) is 5.98. The first-order chi connectivity index (χ1) is 12.1. The Morgan fingerprint density at radius 2 is 1.96 bits per heavy atom. The number of allylic oxidation sites excluding steroid dienone is 1. The molecule has 4 rings (SSSR count). The first kappa shape index (κ1) is 16.3. The van der Waals surface area contributed by atoms with Gasteiger partial charge in [-0.25, -0.2) is 0 Å². The van der Waals surface area contributed by atoms with E-state index in [1.54, 1.807) is 6.07 Å². The molecule has 0 bridgehead atoms. The van der Waals surface area contributed by atoms with Crippen LogP contribution >= 0.6 is 0 Å². The number of benzene rings is 1. The van der Waals surface area contributed by atoms with E-state index < -0.39 is 6.10 Å². The number of ketones is 1. The highest BCUT2D eigenvalue weighted by Gasteiger charge is 2.45. The summed E-state index contributed by atoms with van der Waals surface area (Å²) in [6.07, 6.45) is 4.08. The largest absolute Gasteiger partial charge is 0.393 e. The molecule has 25 heavy (non-hydrogen) atoms. The van der Waals surface area contributed by atoms with E-state index >= 15 is 0 Å². The molecule has 2 aliphatic carbocycles. The molecule has 1 saturated heterocycles. The number of fused-ring (bicyclic) bond motifs is 1. The van der Waals surface area contributed by atoms with E-state index in [9.17, 15) is 20.3 Å². The van der Waals surface area contributed by atoms with Crippen molar-refractivity contribution in [2.45, 2.75) is 38.2 Å². The Balaban J connectivity index is 1.76. The van der Waals surface area contributed by atoms with Crippen molar-refractivity contribution in [1.82, 2.24) is 4.90 Å². The van der Waals surface area contributed by atoms with Crippen molar-refractivity contribution in [3.8, 4) is 6.07 Å². The van der Waals surface area contributed by atoms with Crippen molar-refractivity contribution < 1.29 is 15.0 Å². The van der Waals surface area contributed by atoms with Gasteiger partial charge in [0.2, 0.25) is 0 Å². The molecule has 1 spiro atoms. The summed E-state index contributed by atoms with van der Waals surface area (Å²) in [7, 11) is 0. The van der Waals surface area contributed by atoms with Gasteiger partial charge in [-0.2, -0.15) is 5.26 Å². The standard InChI is InChI=1S/C20H22N2O3/c21-11-16-17(24)10-13-1-2-14(18(25)12-23)9-15(13)19(16)22-7-5-20(3-4-20)6-8-22/h1-2,9,18,23,25H,3-8,10,12H2. The van der Waals surface area contributed by atoms with Gasteiger partial charge in [-0.15, -0.1) is 0 Å². The highest BCUT2D eigenvalue weighted by Crippen LogP contribution is 2.54. The number of rotatable bonds is 3. The molecular formula is C20H22N2O3. The average Bonchev–Trinajstić information content (AvgIpc) is 3.39. The number of piperidine rings is 1. The maximum Gasteiger partial charge on any atom is 0.179 e. The smallest absolute Gasteiger partial charge is 0.179 e. The molecule has 2 N–H and O–H groups in total. The van der Waals surface area contributed by atoms with Crippen LogP contribution in [0.15, 0.2) is 23.8 Å². The fourth-order valence-electron chi connectivity index (χ4n) is 4.13. The van der Waals surface area contributed by atoms with E-state index in [0.717, 1.165) is 42.8 Å². The normalized spacial score (nSPS) is 22.6. The Morgan fingerprint density at radius 3 is 2.56 bits per heavy atom. The number of aliphatic hydroxyl groups is 2. The SMILES string of the molecule is N#CC1=C(N2CCC3(CC2)CC3)c2cc(C(O)CO)ccc2CC1=O. The number of carbonyl (C=O) groups excluding carboxylic acids is 1. The van der Waals surface area contributed by atoms with Crippen LogP contribution in [0.1, 0.15) is 48.5 Å². The van der Waals surface area contributed by atoms with E-state index in [2.05, 4.69) is 11.0 Å². The van der Waals surface area contributed by atoms with Crippen molar-refractivity contribution in [2.75, 3.05) is 19.7 Å². The van der Waals surface area contributed by atoms with Crippen molar-refractivity contribution in [3.05, 3.63) is 40.5 Å². The Bertz CT molecular complexity index is 792. The zero-order valence-electron chi connectivity index (χ0n) is 14.2. The van der Waals surface area contributed by atoms with Gasteiger partial charge in [0.25, 0.3) is 0 Å².